The minimum Gasteiger partial charge on any atom is -0.408 e. The molecule has 4 heteroatoms. The number of hydrogen-bond acceptors (Lipinski definition) is 3. The van der Waals surface area contributed by atoms with Gasteiger partial charge in [0, 0.05) is 7.05 Å². The summed E-state index contributed by atoms with van der Waals surface area (Å²) in [6.45, 7) is 2.75. The van der Waals surface area contributed by atoms with Crippen molar-refractivity contribution in [3.63, 3.8) is 0 Å². The van der Waals surface area contributed by atoms with Gasteiger partial charge < -0.3 is 9.15 Å². The van der Waals surface area contributed by atoms with E-state index in [1.54, 1.807) is 7.05 Å². The van der Waals surface area contributed by atoms with Gasteiger partial charge in [0.25, 0.3) is 0 Å². The Balaban J connectivity index is 2.27. The largest absolute Gasteiger partial charge is 0.419 e. The normalized spacial score (nSPS) is 24.7. The van der Waals surface area contributed by atoms with Crippen LogP contribution in [0, 0.1) is 0 Å². The highest BCUT2D eigenvalue weighted by Crippen LogP contribution is 2.38. The van der Waals surface area contributed by atoms with Gasteiger partial charge in [0.15, 0.2) is 5.58 Å². The lowest BCUT2D eigenvalue weighted by molar-refractivity contribution is 0.329. The van der Waals surface area contributed by atoms with Crippen molar-refractivity contribution in [2.45, 2.75) is 12.5 Å². The van der Waals surface area contributed by atoms with Crippen LogP contribution in [0.2, 0.25) is 0 Å². The molecule has 0 spiro atoms. The molecule has 1 aromatic carbocycles. The minimum atomic E-state index is -0.330. The van der Waals surface area contributed by atoms with Crippen LogP contribution in [0.5, 0.6) is 0 Å². The first-order valence-corrected chi connectivity index (χ1v) is 4.84. The van der Waals surface area contributed by atoms with E-state index in [9.17, 15) is 4.79 Å². The van der Waals surface area contributed by atoms with Crippen molar-refractivity contribution >= 4 is 11.1 Å². The summed E-state index contributed by atoms with van der Waals surface area (Å²) >= 11 is 0. The predicted octanol–water partition coefficient (Wildman–Crippen LogP) is 1.38. The summed E-state index contributed by atoms with van der Waals surface area (Å²) in [5, 5.41) is 0. The zero-order valence-corrected chi connectivity index (χ0v) is 8.61. The number of hydrogen-bond donors (Lipinski definition) is 0. The molecular formula is C11H11NO3. The van der Waals surface area contributed by atoms with E-state index < -0.39 is 0 Å². The summed E-state index contributed by atoms with van der Waals surface area (Å²) in [7, 11) is 1.70. The lowest BCUT2D eigenvalue weighted by Crippen LogP contribution is -2.08. The Morgan fingerprint density at radius 1 is 1.47 bits per heavy atom. The topological polar surface area (TPSA) is 47.7 Å². The van der Waals surface area contributed by atoms with E-state index in [0.29, 0.717) is 5.58 Å². The third kappa shape index (κ3) is 1.15. The molecule has 1 aliphatic rings. The second kappa shape index (κ2) is 2.52. The molecule has 0 aliphatic carbocycles. The van der Waals surface area contributed by atoms with Gasteiger partial charge in [-0.05, 0) is 24.6 Å². The summed E-state index contributed by atoms with van der Waals surface area (Å²) in [5.41, 5.74) is 2.32. The van der Waals surface area contributed by atoms with Gasteiger partial charge in [0.05, 0.1) is 12.1 Å². The maximum absolute atomic E-state index is 11.3. The summed E-state index contributed by atoms with van der Waals surface area (Å²) in [6.07, 6.45) is 0. The second-order valence-electron chi connectivity index (χ2n) is 4.13. The van der Waals surface area contributed by atoms with Crippen molar-refractivity contribution in [3.8, 4) is 0 Å². The number of ether oxygens (including phenoxy) is 1. The Hall–Kier alpha value is -1.55. The van der Waals surface area contributed by atoms with E-state index in [1.165, 1.54) is 4.57 Å². The first-order chi connectivity index (χ1) is 7.10. The van der Waals surface area contributed by atoms with Crippen molar-refractivity contribution < 1.29 is 9.15 Å². The highest BCUT2D eigenvalue weighted by molar-refractivity contribution is 5.74. The molecule has 15 heavy (non-hydrogen) atoms. The highest BCUT2D eigenvalue weighted by atomic mass is 16.6. The van der Waals surface area contributed by atoms with E-state index in [-0.39, 0.29) is 11.4 Å². The average Bonchev–Trinajstić information content (AvgIpc) is 2.90. The van der Waals surface area contributed by atoms with Gasteiger partial charge in [-0.2, -0.15) is 0 Å². The molecule has 3 rings (SSSR count). The fourth-order valence-corrected chi connectivity index (χ4v) is 1.74. The monoisotopic (exact) mass is 205 g/mol. The fraction of sp³-hybridized carbons (Fsp3) is 0.364. The van der Waals surface area contributed by atoms with Gasteiger partial charge in [-0.3, -0.25) is 4.57 Å². The van der Waals surface area contributed by atoms with E-state index in [4.69, 9.17) is 9.15 Å². The number of aryl methyl sites for hydroxylation is 1. The Labute approximate surface area is 86.1 Å². The van der Waals surface area contributed by atoms with Crippen LogP contribution in [0.4, 0.5) is 0 Å². The third-order valence-electron chi connectivity index (χ3n) is 2.98. The van der Waals surface area contributed by atoms with Crippen LogP contribution >= 0.6 is 0 Å². The molecule has 1 aliphatic heterocycles. The lowest BCUT2D eigenvalue weighted by atomic mass is 10.0. The molecule has 78 valence electrons. The van der Waals surface area contributed by atoms with Crippen LogP contribution in [0.15, 0.2) is 27.4 Å². The highest BCUT2D eigenvalue weighted by Gasteiger charge is 2.41. The lowest BCUT2D eigenvalue weighted by Gasteiger charge is -2.04. The first kappa shape index (κ1) is 8.73. The van der Waals surface area contributed by atoms with Gasteiger partial charge >= 0.3 is 5.76 Å². The quantitative estimate of drug-likeness (QED) is 0.661. The predicted molar refractivity (Wildman–Crippen MR) is 54.8 cm³/mol. The molecule has 2 aromatic rings. The Kier molecular flexibility index (Phi) is 1.47. The molecule has 1 fully saturated rings. The molecule has 0 radical (unpaired) electrons. The van der Waals surface area contributed by atoms with Crippen LogP contribution < -0.4 is 5.76 Å². The fourth-order valence-electron chi connectivity index (χ4n) is 1.74. The summed E-state index contributed by atoms with van der Waals surface area (Å²) in [4.78, 5) is 11.3. The summed E-state index contributed by atoms with van der Waals surface area (Å²) < 4.78 is 12.0. The number of benzene rings is 1. The second-order valence-corrected chi connectivity index (χ2v) is 4.13. The minimum absolute atomic E-state index is 0.178. The summed E-state index contributed by atoms with van der Waals surface area (Å²) in [6, 6.07) is 5.75. The molecular weight excluding hydrogens is 194 g/mol. The van der Waals surface area contributed by atoms with E-state index in [0.717, 1.165) is 17.7 Å². The van der Waals surface area contributed by atoms with Gasteiger partial charge in [-0.1, -0.05) is 6.07 Å². The van der Waals surface area contributed by atoms with Gasteiger partial charge in [0.1, 0.15) is 5.60 Å². The van der Waals surface area contributed by atoms with Crippen molar-refractivity contribution in [2.24, 2.45) is 7.05 Å². The Morgan fingerprint density at radius 3 is 2.87 bits per heavy atom. The van der Waals surface area contributed by atoms with Crippen molar-refractivity contribution in [1.29, 1.82) is 0 Å². The number of nitrogens with zero attached hydrogens (tertiary/aromatic N) is 1. The first-order valence-electron chi connectivity index (χ1n) is 4.84. The van der Waals surface area contributed by atoms with E-state index in [2.05, 4.69) is 0 Å². The van der Waals surface area contributed by atoms with Gasteiger partial charge in [-0.25, -0.2) is 4.79 Å². The zero-order valence-electron chi connectivity index (χ0n) is 8.61. The zero-order chi connectivity index (χ0) is 10.6. The molecule has 1 aromatic heterocycles. The van der Waals surface area contributed by atoms with Crippen LogP contribution in [-0.2, 0) is 17.4 Å². The molecule has 0 saturated carbocycles. The van der Waals surface area contributed by atoms with Crippen molar-refractivity contribution in [2.75, 3.05) is 6.61 Å². The number of aromatic nitrogens is 1. The van der Waals surface area contributed by atoms with Gasteiger partial charge in [0.2, 0.25) is 0 Å². The molecule has 0 bridgehead atoms. The molecule has 0 N–H and O–H groups in total. The van der Waals surface area contributed by atoms with Crippen LogP contribution in [-0.4, -0.2) is 11.2 Å². The van der Waals surface area contributed by atoms with E-state index in [1.807, 2.05) is 25.1 Å². The molecule has 2 heterocycles. The maximum Gasteiger partial charge on any atom is 0.419 e. The van der Waals surface area contributed by atoms with Crippen molar-refractivity contribution in [3.05, 3.63) is 34.3 Å². The number of fused-ring (bicyclic) bond motifs is 1. The molecule has 0 amide bonds. The Bertz CT molecular complexity index is 589. The smallest absolute Gasteiger partial charge is 0.408 e. The SMILES string of the molecule is Cn1c(=O)oc2cc(C3(C)CO3)ccc21. The molecule has 1 atom stereocenters. The van der Waals surface area contributed by atoms with Crippen molar-refractivity contribution in [1.82, 2.24) is 4.57 Å². The average molecular weight is 205 g/mol. The van der Waals surface area contributed by atoms with Gasteiger partial charge in [-0.15, -0.1) is 0 Å². The summed E-state index contributed by atoms with van der Waals surface area (Å²) in [5.74, 6) is -0.330. The van der Waals surface area contributed by atoms with E-state index >= 15 is 0 Å². The molecule has 1 unspecified atom stereocenters. The van der Waals surface area contributed by atoms with Crippen LogP contribution in [0.3, 0.4) is 0 Å². The number of epoxide rings is 1. The third-order valence-corrected chi connectivity index (χ3v) is 2.98. The maximum atomic E-state index is 11.3. The van der Waals surface area contributed by atoms with Crippen LogP contribution in [0.1, 0.15) is 12.5 Å². The number of oxazole rings is 1. The molecule has 1 saturated heterocycles. The van der Waals surface area contributed by atoms with Crippen LogP contribution in [0.25, 0.3) is 11.1 Å². The Morgan fingerprint density at radius 2 is 2.20 bits per heavy atom. The number of rotatable bonds is 1. The standard InChI is InChI=1S/C11H11NO3/c1-11(6-14-11)7-3-4-8-9(5-7)15-10(13)12(8)2/h3-5H,6H2,1-2H3. The molecule has 4 nitrogen and oxygen atoms in total.